The molecular weight excluding hydrogens is 314 g/mol. The highest BCUT2D eigenvalue weighted by molar-refractivity contribution is 9.09. The summed E-state index contributed by atoms with van der Waals surface area (Å²) in [5.41, 5.74) is 0.317. The van der Waals surface area contributed by atoms with Gasteiger partial charge in [0.2, 0.25) is 0 Å². The maximum Gasteiger partial charge on any atom is 0.323 e. The van der Waals surface area contributed by atoms with Crippen molar-refractivity contribution in [2.24, 2.45) is 7.05 Å². The Morgan fingerprint density at radius 1 is 1.47 bits per heavy atom. The molecule has 1 saturated carbocycles. The molecule has 0 bridgehead atoms. The van der Waals surface area contributed by atoms with E-state index in [0.29, 0.717) is 5.69 Å². The molecule has 0 radical (unpaired) electrons. The second-order valence-electron chi connectivity index (χ2n) is 4.77. The lowest BCUT2D eigenvalue weighted by Crippen LogP contribution is -2.43. The SMILES string of the molecule is Cn1c(C(=O)NC2CCCCC2Br)ccc1[N+](=O)[O-]. The van der Waals surface area contributed by atoms with Gasteiger partial charge < -0.3 is 15.4 Å². The molecule has 1 amide bonds. The van der Waals surface area contributed by atoms with Crippen LogP contribution in [0.4, 0.5) is 5.82 Å². The first kappa shape index (κ1) is 14.0. The number of hydrogen-bond donors (Lipinski definition) is 1. The Morgan fingerprint density at radius 3 is 2.74 bits per heavy atom. The van der Waals surface area contributed by atoms with Gasteiger partial charge in [-0.15, -0.1) is 0 Å². The lowest BCUT2D eigenvalue weighted by Gasteiger charge is -2.27. The van der Waals surface area contributed by atoms with E-state index in [-0.39, 0.29) is 22.6 Å². The average molecular weight is 330 g/mol. The molecule has 1 fully saturated rings. The number of rotatable bonds is 3. The van der Waals surface area contributed by atoms with Gasteiger partial charge in [-0.05, 0) is 23.8 Å². The molecule has 1 heterocycles. The van der Waals surface area contributed by atoms with Crippen LogP contribution >= 0.6 is 15.9 Å². The Hall–Kier alpha value is -1.37. The van der Waals surface area contributed by atoms with E-state index >= 15 is 0 Å². The quantitative estimate of drug-likeness (QED) is 0.525. The van der Waals surface area contributed by atoms with Crippen molar-refractivity contribution in [1.82, 2.24) is 9.88 Å². The number of nitrogens with zero attached hydrogens (tertiary/aromatic N) is 2. The van der Waals surface area contributed by atoms with Gasteiger partial charge in [0, 0.05) is 16.9 Å². The lowest BCUT2D eigenvalue weighted by atomic mass is 9.95. The third-order valence-corrected chi connectivity index (χ3v) is 4.61. The summed E-state index contributed by atoms with van der Waals surface area (Å²) in [7, 11) is 1.53. The molecule has 2 atom stereocenters. The van der Waals surface area contributed by atoms with Crippen LogP contribution in [0.2, 0.25) is 0 Å². The van der Waals surface area contributed by atoms with Crippen molar-refractivity contribution in [3.8, 4) is 0 Å². The van der Waals surface area contributed by atoms with E-state index in [0.717, 1.165) is 25.7 Å². The van der Waals surface area contributed by atoms with Gasteiger partial charge >= 0.3 is 5.82 Å². The standard InChI is InChI=1S/C12H16BrN3O3/c1-15-10(6-7-11(15)16(18)19)12(17)14-9-5-3-2-4-8(9)13/h6-9H,2-5H2,1H3,(H,14,17). The topological polar surface area (TPSA) is 77.2 Å². The average Bonchev–Trinajstić information content (AvgIpc) is 2.74. The van der Waals surface area contributed by atoms with Crippen molar-refractivity contribution >= 4 is 27.7 Å². The van der Waals surface area contributed by atoms with E-state index in [2.05, 4.69) is 21.2 Å². The Bertz CT molecular complexity index is 500. The third kappa shape index (κ3) is 2.97. The normalized spacial score (nSPS) is 23.1. The van der Waals surface area contributed by atoms with Crippen molar-refractivity contribution < 1.29 is 9.72 Å². The molecule has 1 N–H and O–H groups in total. The number of halogens is 1. The number of carbonyl (C=O) groups is 1. The minimum Gasteiger partial charge on any atom is -0.358 e. The molecule has 0 spiro atoms. The van der Waals surface area contributed by atoms with Crippen molar-refractivity contribution in [2.45, 2.75) is 36.6 Å². The largest absolute Gasteiger partial charge is 0.358 e. The molecular formula is C12H16BrN3O3. The zero-order valence-electron chi connectivity index (χ0n) is 10.6. The summed E-state index contributed by atoms with van der Waals surface area (Å²) in [6, 6.07) is 2.93. The van der Waals surface area contributed by atoms with Crippen molar-refractivity contribution in [1.29, 1.82) is 0 Å². The summed E-state index contributed by atoms with van der Waals surface area (Å²) in [5, 5.41) is 13.7. The summed E-state index contributed by atoms with van der Waals surface area (Å²) in [6.45, 7) is 0. The second kappa shape index (κ2) is 5.73. The molecule has 1 aliphatic carbocycles. The molecule has 6 nitrogen and oxygen atoms in total. The molecule has 1 aromatic rings. The van der Waals surface area contributed by atoms with Crippen LogP contribution in [0.1, 0.15) is 36.2 Å². The van der Waals surface area contributed by atoms with Crippen LogP contribution in [0, 0.1) is 10.1 Å². The van der Waals surface area contributed by atoms with Crippen LogP contribution < -0.4 is 5.32 Å². The highest BCUT2D eigenvalue weighted by Crippen LogP contribution is 2.25. The fourth-order valence-electron chi connectivity index (χ4n) is 2.40. The summed E-state index contributed by atoms with van der Waals surface area (Å²) < 4.78 is 1.31. The minimum absolute atomic E-state index is 0.0795. The molecule has 2 rings (SSSR count). The van der Waals surface area contributed by atoms with Crippen molar-refractivity contribution in [3.05, 3.63) is 27.9 Å². The van der Waals surface area contributed by atoms with E-state index in [4.69, 9.17) is 0 Å². The summed E-state index contributed by atoms with van der Waals surface area (Å²) in [5.74, 6) is -0.337. The molecule has 0 aliphatic heterocycles. The molecule has 2 unspecified atom stereocenters. The highest BCUT2D eigenvalue weighted by Gasteiger charge is 2.27. The Kier molecular flexibility index (Phi) is 4.24. The van der Waals surface area contributed by atoms with Gasteiger partial charge in [0.05, 0.1) is 7.05 Å². The van der Waals surface area contributed by atoms with Crippen LogP contribution in [0.5, 0.6) is 0 Å². The van der Waals surface area contributed by atoms with Gasteiger partial charge in [-0.3, -0.25) is 4.79 Å². The first-order chi connectivity index (χ1) is 9.00. The van der Waals surface area contributed by atoms with Crippen molar-refractivity contribution in [2.75, 3.05) is 0 Å². The monoisotopic (exact) mass is 329 g/mol. The number of nitrogens with one attached hydrogen (secondary N) is 1. The molecule has 0 aromatic carbocycles. The number of amides is 1. The van der Waals surface area contributed by atoms with E-state index in [1.165, 1.54) is 23.7 Å². The van der Waals surface area contributed by atoms with E-state index in [1.807, 2.05) is 0 Å². The number of aromatic nitrogens is 1. The first-order valence-corrected chi connectivity index (χ1v) is 7.17. The molecule has 104 valence electrons. The molecule has 19 heavy (non-hydrogen) atoms. The van der Waals surface area contributed by atoms with Crippen LogP contribution in [-0.4, -0.2) is 26.3 Å². The third-order valence-electron chi connectivity index (χ3n) is 3.51. The number of carbonyl (C=O) groups excluding carboxylic acids is 1. The van der Waals surface area contributed by atoms with Crippen LogP contribution in [-0.2, 0) is 7.05 Å². The highest BCUT2D eigenvalue weighted by atomic mass is 79.9. The van der Waals surface area contributed by atoms with Crippen LogP contribution in [0.3, 0.4) is 0 Å². The first-order valence-electron chi connectivity index (χ1n) is 6.25. The van der Waals surface area contributed by atoms with E-state index < -0.39 is 4.92 Å². The van der Waals surface area contributed by atoms with Gasteiger partial charge in [-0.1, -0.05) is 28.8 Å². The molecule has 0 saturated heterocycles. The molecule has 1 aromatic heterocycles. The second-order valence-corrected chi connectivity index (χ2v) is 5.95. The number of nitro groups is 1. The molecule has 1 aliphatic rings. The molecule has 7 heteroatoms. The fourth-order valence-corrected chi connectivity index (χ4v) is 3.12. The smallest absolute Gasteiger partial charge is 0.323 e. The summed E-state index contributed by atoms with van der Waals surface area (Å²) >= 11 is 3.57. The summed E-state index contributed by atoms with van der Waals surface area (Å²) in [4.78, 5) is 22.7. The predicted molar refractivity (Wildman–Crippen MR) is 74.5 cm³/mol. The van der Waals surface area contributed by atoms with Gasteiger partial charge in [-0.25, -0.2) is 4.57 Å². The maximum absolute atomic E-state index is 12.1. The van der Waals surface area contributed by atoms with Crippen LogP contribution in [0.15, 0.2) is 12.1 Å². The van der Waals surface area contributed by atoms with Gasteiger partial charge in [0.15, 0.2) is 5.69 Å². The van der Waals surface area contributed by atoms with Gasteiger partial charge in [0.25, 0.3) is 5.91 Å². The minimum atomic E-state index is -0.495. The fraction of sp³-hybridized carbons (Fsp3) is 0.583. The Labute approximate surface area is 119 Å². The van der Waals surface area contributed by atoms with E-state index in [1.54, 1.807) is 0 Å². The van der Waals surface area contributed by atoms with E-state index in [9.17, 15) is 14.9 Å². The number of alkyl halides is 1. The van der Waals surface area contributed by atoms with Crippen LogP contribution in [0.25, 0.3) is 0 Å². The van der Waals surface area contributed by atoms with Gasteiger partial charge in [0.1, 0.15) is 0 Å². The predicted octanol–water partition coefficient (Wildman–Crippen LogP) is 2.37. The van der Waals surface area contributed by atoms with Crippen molar-refractivity contribution in [3.63, 3.8) is 0 Å². The Morgan fingerprint density at radius 2 is 2.16 bits per heavy atom. The lowest BCUT2D eigenvalue weighted by molar-refractivity contribution is -0.391. The Balaban J connectivity index is 2.09. The number of hydrogen-bond acceptors (Lipinski definition) is 3. The zero-order valence-corrected chi connectivity index (χ0v) is 12.2. The summed E-state index contributed by atoms with van der Waals surface area (Å²) in [6.07, 6.45) is 4.24. The zero-order chi connectivity index (χ0) is 14.0. The van der Waals surface area contributed by atoms with Gasteiger partial charge in [-0.2, -0.15) is 0 Å². The maximum atomic E-state index is 12.1.